The van der Waals surface area contributed by atoms with E-state index in [9.17, 15) is 0 Å². The first-order valence-corrected chi connectivity index (χ1v) is 6.72. The molecule has 0 heteroatoms. The Labute approximate surface area is 98.4 Å². The predicted molar refractivity (Wildman–Crippen MR) is 69.5 cm³/mol. The molecular formula is C16H20. The predicted octanol–water partition coefficient (Wildman–Crippen LogP) is 4.52. The molecule has 0 nitrogen and oxygen atoms in total. The zero-order valence-corrected chi connectivity index (χ0v) is 10.2. The summed E-state index contributed by atoms with van der Waals surface area (Å²) in [6.07, 6.45) is 9.28. The fourth-order valence-corrected chi connectivity index (χ4v) is 3.33. The van der Waals surface area contributed by atoms with Gasteiger partial charge in [0.05, 0.1) is 0 Å². The second kappa shape index (κ2) is 4.08. The largest absolute Gasteiger partial charge is 0.0651 e. The maximum Gasteiger partial charge on any atom is -0.00523 e. The van der Waals surface area contributed by atoms with E-state index in [1.165, 1.54) is 44.9 Å². The number of hydrogen-bond donors (Lipinski definition) is 0. The second-order valence-corrected chi connectivity index (χ2v) is 5.16. The van der Waals surface area contributed by atoms with Gasteiger partial charge in [0.25, 0.3) is 0 Å². The van der Waals surface area contributed by atoms with E-state index >= 15 is 0 Å². The van der Waals surface area contributed by atoms with Crippen molar-refractivity contribution in [3.05, 3.63) is 40.5 Å². The molecule has 0 fully saturated rings. The van der Waals surface area contributed by atoms with Crippen LogP contribution in [-0.2, 0) is 12.8 Å². The van der Waals surface area contributed by atoms with Crippen LogP contribution in [0.3, 0.4) is 0 Å². The lowest BCUT2D eigenvalue weighted by molar-refractivity contribution is 0.710. The van der Waals surface area contributed by atoms with Crippen molar-refractivity contribution in [1.29, 1.82) is 0 Å². The van der Waals surface area contributed by atoms with Crippen molar-refractivity contribution >= 4 is 5.57 Å². The lowest BCUT2D eigenvalue weighted by Crippen LogP contribution is -1.94. The smallest absolute Gasteiger partial charge is 0.00523 e. The molecule has 2 aliphatic rings. The van der Waals surface area contributed by atoms with Crippen LogP contribution in [-0.4, -0.2) is 0 Å². The fourth-order valence-electron chi connectivity index (χ4n) is 3.33. The van der Waals surface area contributed by atoms with Crippen molar-refractivity contribution in [3.63, 3.8) is 0 Å². The normalized spacial score (nSPS) is 18.6. The molecule has 1 aromatic carbocycles. The van der Waals surface area contributed by atoms with Crippen LogP contribution in [0.25, 0.3) is 5.57 Å². The highest BCUT2D eigenvalue weighted by molar-refractivity contribution is 5.78. The summed E-state index contributed by atoms with van der Waals surface area (Å²) in [5.74, 6) is 0. The van der Waals surface area contributed by atoms with Gasteiger partial charge in [0.1, 0.15) is 0 Å². The van der Waals surface area contributed by atoms with Crippen LogP contribution < -0.4 is 0 Å². The van der Waals surface area contributed by atoms with Crippen LogP contribution in [0.2, 0.25) is 0 Å². The first-order valence-electron chi connectivity index (χ1n) is 6.72. The van der Waals surface area contributed by atoms with Crippen LogP contribution in [0.5, 0.6) is 0 Å². The molecule has 16 heavy (non-hydrogen) atoms. The quantitative estimate of drug-likeness (QED) is 0.676. The van der Waals surface area contributed by atoms with Gasteiger partial charge < -0.3 is 0 Å². The van der Waals surface area contributed by atoms with E-state index in [0.717, 1.165) is 0 Å². The van der Waals surface area contributed by atoms with E-state index in [2.05, 4.69) is 25.1 Å². The molecule has 0 amide bonds. The highest BCUT2D eigenvalue weighted by atomic mass is 14.3. The number of aryl methyl sites for hydroxylation is 1. The van der Waals surface area contributed by atoms with Gasteiger partial charge in [-0.05, 0) is 60.8 Å². The van der Waals surface area contributed by atoms with E-state index in [1.807, 2.05) is 0 Å². The summed E-state index contributed by atoms with van der Waals surface area (Å²) in [7, 11) is 0. The Morgan fingerprint density at radius 3 is 2.88 bits per heavy atom. The second-order valence-electron chi connectivity index (χ2n) is 5.16. The monoisotopic (exact) mass is 212 g/mol. The van der Waals surface area contributed by atoms with E-state index in [1.54, 1.807) is 27.8 Å². The van der Waals surface area contributed by atoms with Crippen molar-refractivity contribution < 1.29 is 0 Å². The van der Waals surface area contributed by atoms with Crippen LogP contribution in [0.15, 0.2) is 23.8 Å². The first-order chi connectivity index (χ1) is 7.90. The van der Waals surface area contributed by atoms with Crippen LogP contribution >= 0.6 is 0 Å². The molecule has 0 N–H and O–H groups in total. The van der Waals surface area contributed by atoms with E-state index in [0.29, 0.717) is 0 Å². The minimum atomic E-state index is 1.25. The molecule has 2 aliphatic carbocycles. The molecule has 0 saturated carbocycles. The average molecular weight is 212 g/mol. The van der Waals surface area contributed by atoms with Gasteiger partial charge in [-0.15, -0.1) is 0 Å². The fraction of sp³-hybridized carbons (Fsp3) is 0.500. The molecule has 0 spiro atoms. The summed E-state index contributed by atoms with van der Waals surface area (Å²) in [5.41, 5.74) is 8.33. The van der Waals surface area contributed by atoms with Gasteiger partial charge in [-0.3, -0.25) is 0 Å². The summed E-state index contributed by atoms with van der Waals surface area (Å²) in [4.78, 5) is 0. The Morgan fingerprint density at radius 1 is 1.12 bits per heavy atom. The number of hydrogen-bond acceptors (Lipinski definition) is 0. The standard InChI is InChI=1S/C16H20/c1-2-6-12-8-5-10-15-14-9-4-3-7-13(14)11-16(12)15/h5,8,10H,2-4,6-7,9,11H2,1H3. The van der Waals surface area contributed by atoms with Crippen molar-refractivity contribution in [1.82, 2.24) is 0 Å². The van der Waals surface area contributed by atoms with Gasteiger partial charge in [0.15, 0.2) is 0 Å². The van der Waals surface area contributed by atoms with Crippen molar-refractivity contribution in [2.45, 2.75) is 51.9 Å². The molecule has 1 aromatic rings. The van der Waals surface area contributed by atoms with Crippen molar-refractivity contribution in [2.75, 3.05) is 0 Å². The van der Waals surface area contributed by atoms with E-state index in [4.69, 9.17) is 0 Å². The maximum atomic E-state index is 2.35. The lowest BCUT2D eigenvalue weighted by Gasteiger charge is -2.13. The summed E-state index contributed by atoms with van der Waals surface area (Å²) >= 11 is 0. The molecule has 0 saturated heterocycles. The third-order valence-corrected chi connectivity index (χ3v) is 4.09. The number of fused-ring (bicyclic) bond motifs is 2. The summed E-state index contributed by atoms with van der Waals surface area (Å²) < 4.78 is 0. The Hall–Kier alpha value is -1.04. The number of rotatable bonds is 2. The molecule has 0 atom stereocenters. The van der Waals surface area contributed by atoms with E-state index in [-0.39, 0.29) is 0 Å². The minimum Gasteiger partial charge on any atom is -0.0651 e. The highest BCUT2D eigenvalue weighted by Gasteiger charge is 2.24. The Kier molecular flexibility index (Phi) is 2.59. The SMILES string of the molecule is CCCc1cccc2c1CC1=C2CCCC1. The lowest BCUT2D eigenvalue weighted by atomic mass is 9.92. The first kappa shape index (κ1) is 10.1. The number of allylic oxidation sites excluding steroid dienone is 2. The molecule has 0 radical (unpaired) electrons. The van der Waals surface area contributed by atoms with Gasteiger partial charge in [-0.25, -0.2) is 0 Å². The molecule has 3 rings (SSSR count). The number of benzene rings is 1. The molecule has 0 unspecified atom stereocenters. The highest BCUT2D eigenvalue weighted by Crippen LogP contribution is 2.42. The Morgan fingerprint density at radius 2 is 2.00 bits per heavy atom. The van der Waals surface area contributed by atoms with Gasteiger partial charge in [0, 0.05) is 0 Å². The molecule has 0 aromatic heterocycles. The topological polar surface area (TPSA) is 0 Å². The van der Waals surface area contributed by atoms with E-state index < -0.39 is 0 Å². The Bertz CT molecular complexity index is 437. The summed E-state index contributed by atoms with van der Waals surface area (Å²) in [6.45, 7) is 2.28. The van der Waals surface area contributed by atoms with Crippen molar-refractivity contribution in [3.8, 4) is 0 Å². The molecule has 0 bridgehead atoms. The van der Waals surface area contributed by atoms with Crippen LogP contribution in [0.1, 0.15) is 55.7 Å². The van der Waals surface area contributed by atoms with Gasteiger partial charge >= 0.3 is 0 Å². The minimum absolute atomic E-state index is 1.25. The molecule has 0 heterocycles. The summed E-state index contributed by atoms with van der Waals surface area (Å²) in [5, 5.41) is 0. The third kappa shape index (κ3) is 1.52. The van der Waals surface area contributed by atoms with Crippen molar-refractivity contribution in [2.24, 2.45) is 0 Å². The third-order valence-electron chi connectivity index (χ3n) is 4.09. The maximum absolute atomic E-state index is 2.35. The van der Waals surface area contributed by atoms with Crippen LogP contribution in [0, 0.1) is 0 Å². The Balaban J connectivity index is 2.03. The molecule has 0 aliphatic heterocycles. The van der Waals surface area contributed by atoms with Crippen LogP contribution in [0.4, 0.5) is 0 Å². The molecular weight excluding hydrogens is 192 g/mol. The average Bonchev–Trinajstić information content (AvgIpc) is 2.69. The zero-order valence-electron chi connectivity index (χ0n) is 10.2. The molecule has 84 valence electrons. The van der Waals surface area contributed by atoms with Gasteiger partial charge in [-0.2, -0.15) is 0 Å². The van der Waals surface area contributed by atoms with Gasteiger partial charge in [0.2, 0.25) is 0 Å². The van der Waals surface area contributed by atoms with Gasteiger partial charge in [-0.1, -0.05) is 37.1 Å². The zero-order chi connectivity index (χ0) is 11.0. The summed E-state index contributed by atoms with van der Waals surface area (Å²) in [6, 6.07) is 6.94.